The largest absolute Gasteiger partial charge is 0.489 e. The van der Waals surface area contributed by atoms with E-state index in [9.17, 15) is 18.0 Å². The van der Waals surface area contributed by atoms with E-state index in [1.165, 1.54) is 13.2 Å². The Kier molecular flexibility index (Phi) is 7.70. The molecule has 0 fully saturated rings. The molecule has 0 unspecified atom stereocenters. The number of nitrogens with zero attached hydrogens (tertiary/aromatic N) is 4. The van der Waals surface area contributed by atoms with Gasteiger partial charge in [0, 0.05) is 32.1 Å². The van der Waals surface area contributed by atoms with Gasteiger partial charge in [0.15, 0.2) is 11.0 Å². The van der Waals surface area contributed by atoms with Crippen LogP contribution in [0.4, 0.5) is 18.9 Å². The molecule has 0 aliphatic carbocycles. The molecular weight excluding hydrogens is 447 g/mol. The predicted molar refractivity (Wildman–Crippen MR) is 112 cm³/mol. The van der Waals surface area contributed by atoms with E-state index in [0.29, 0.717) is 11.0 Å². The number of pyridine rings is 1. The number of rotatable bonds is 9. The van der Waals surface area contributed by atoms with E-state index in [1.807, 2.05) is 0 Å². The zero-order chi connectivity index (χ0) is 23.1. The van der Waals surface area contributed by atoms with Crippen molar-refractivity contribution in [2.24, 2.45) is 7.05 Å². The molecule has 170 valence electrons. The third kappa shape index (κ3) is 5.98. The summed E-state index contributed by atoms with van der Waals surface area (Å²) in [5.41, 5.74) is -0.153. The van der Waals surface area contributed by atoms with Gasteiger partial charge in [0.25, 0.3) is 0 Å². The fourth-order valence-electron chi connectivity index (χ4n) is 2.67. The molecule has 0 spiro atoms. The highest BCUT2D eigenvalue weighted by molar-refractivity contribution is 7.99. The zero-order valence-corrected chi connectivity index (χ0v) is 18.0. The highest BCUT2D eigenvalue weighted by Gasteiger charge is 2.31. The first-order chi connectivity index (χ1) is 15.3. The molecule has 8 nitrogen and oxygen atoms in total. The fourth-order valence-corrected chi connectivity index (χ4v) is 3.39. The maximum absolute atomic E-state index is 13.1. The molecule has 0 saturated heterocycles. The van der Waals surface area contributed by atoms with Crippen molar-refractivity contribution in [3.63, 3.8) is 0 Å². The molecule has 0 saturated carbocycles. The average Bonchev–Trinajstić information content (AvgIpc) is 3.13. The maximum atomic E-state index is 13.1. The highest BCUT2D eigenvalue weighted by Crippen LogP contribution is 2.35. The van der Waals surface area contributed by atoms with Crippen LogP contribution in [0.5, 0.6) is 5.75 Å². The summed E-state index contributed by atoms with van der Waals surface area (Å²) in [6.07, 6.45) is -1.29. The number of alkyl halides is 3. The van der Waals surface area contributed by atoms with Gasteiger partial charge in [-0.1, -0.05) is 11.8 Å². The third-order valence-electron chi connectivity index (χ3n) is 4.23. The van der Waals surface area contributed by atoms with Crippen molar-refractivity contribution in [2.75, 3.05) is 31.4 Å². The van der Waals surface area contributed by atoms with Crippen molar-refractivity contribution in [1.82, 2.24) is 19.7 Å². The summed E-state index contributed by atoms with van der Waals surface area (Å²) >= 11 is 1.11. The minimum atomic E-state index is -4.55. The number of carbonyl (C=O) groups is 1. The maximum Gasteiger partial charge on any atom is 0.416 e. The number of amides is 1. The molecule has 1 aromatic carbocycles. The van der Waals surface area contributed by atoms with Gasteiger partial charge in [0.05, 0.1) is 23.6 Å². The van der Waals surface area contributed by atoms with Crippen molar-refractivity contribution in [2.45, 2.75) is 11.3 Å². The molecule has 0 aliphatic rings. The normalized spacial score (nSPS) is 11.4. The van der Waals surface area contributed by atoms with Crippen LogP contribution in [0.1, 0.15) is 5.56 Å². The van der Waals surface area contributed by atoms with Crippen LogP contribution in [0.3, 0.4) is 0 Å². The second-order valence-corrected chi connectivity index (χ2v) is 7.43. The van der Waals surface area contributed by atoms with E-state index >= 15 is 0 Å². The monoisotopic (exact) mass is 467 g/mol. The molecule has 32 heavy (non-hydrogen) atoms. The first-order valence-corrected chi connectivity index (χ1v) is 10.3. The van der Waals surface area contributed by atoms with Crippen molar-refractivity contribution in [3.05, 3.63) is 48.3 Å². The van der Waals surface area contributed by atoms with Crippen LogP contribution in [-0.4, -0.2) is 51.7 Å². The molecule has 1 N–H and O–H groups in total. The van der Waals surface area contributed by atoms with E-state index in [1.54, 1.807) is 36.1 Å². The van der Waals surface area contributed by atoms with Crippen LogP contribution < -0.4 is 10.1 Å². The molecule has 2 heterocycles. The Bertz CT molecular complexity index is 1060. The molecule has 12 heteroatoms. The number of ether oxygens (including phenoxy) is 2. The van der Waals surface area contributed by atoms with Gasteiger partial charge in [-0.15, -0.1) is 10.2 Å². The molecule has 0 bridgehead atoms. The van der Waals surface area contributed by atoms with Crippen molar-refractivity contribution < 1.29 is 27.4 Å². The summed E-state index contributed by atoms with van der Waals surface area (Å²) in [6.45, 7) is 0.367. The minimum Gasteiger partial charge on any atom is -0.489 e. The highest BCUT2D eigenvalue weighted by atomic mass is 32.2. The molecule has 1 amide bonds. The second kappa shape index (κ2) is 10.5. The van der Waals surface area contributed by atoms with Crippen LogP contribution >= 0.6 is 11.8 Å². The lowest BCUT2D eigenvalue weighted by Gasteiger charge is -2.15. The Balaban J connectivity index is 1.69. The van der Waals surface area contributed by atoms with Crippen LogP contribution in [0.2, 0.25) is 0 Å². The standard InChI is InChI=1S/C20H20F3N5O3S/c1-28-18(13-5-7-24-8-6-13)26-27-19(28)32-12-17(29)25-15-11-14(20(21,22)23)3-4-16(15)31-10-9-30-2/h3-8,11H,9-10,12H2,1-2H3,(H,25,29). The molecule has 3 rings (SSSR count). The molecule has 2 aromatic heterocycles. The number of benzene rings is 1. The second-order valence-electron chi connectivity index (χ2n) is 6.49. The number of nitrogens with one attached hydrogen (secondary N) is 1. The number of thioether (sulfide) groups is 1. The summed E-state index contributed by atoms with van der Waals surface area (Å²) in [5, 5.41) is 11.2. The number of hydrogen-bond donors (Lipinski definition) is 1. The van der Waals surface area contributed by atoms with Gasteiger partial charge in [-0.3, -0.25) is 9.78 Å². The van der Waals surface area contributed by atoms with Crippen LogP contribution in [0.25, 0.3) is 11.4 Å². The van der Waals surface area contributed by atoms with Gasteiger partial charge < -0.3 is 19.4 Å². The number of aromatic nitrogens is 4. The average molecular weight is 467 g/mol. The fraction of sp³-hybridized carbons (Fsp3) is 0.300. The molecule has 0 atom stereocenters. The summed E-state index contributed by atoms with van der Waals surface area (Å²) in [7, 11) is 3.23. The summed E-state index contributed by atoms with van der Waals surface area (Å²) in [6, 6.07) is 6.47. The SMILES string of the molecule is COCCOc1ccc(C(F)(F)F)cc1NC(=O)CSc1nnc(-c2ccncc2)n1C. The molecular formula is C20H20F3N5O3S. The van der Waals surface area contributed by atoms with Gasteiger partial charge in [-0.2, -0.15) is 13.2 Å². The smallest absolute Gasteiger partial charge is 0.416 e. The zero-order valence-electron chi connectivity index (χ0n) is 17.2. The van der Waals surface area contributed by atoms with Crippen molar-refractivity contribution in [3.8, 4) is 17.1 Å². The Morgan fingerprint density at radius 3 is 2.59 bits per heavy atom. The molecule has 3 aromatic rings. The van der Waals surface area contributed by atoms with Crippen molar-refractivity contribution >= 4 is 23.4 Å². The van der Waals surface area contributed by atoms with Gasteiger partial charge in [0.2, 0.25) is 5.91 Å². The molecule has 0 radical (unpaired) electrons. The lowest BCUT2D eigenvalue weighted by molar-refractivity contribution is -0.137. The first kappa shape index (κ1) is 23.5. The van der Waals surface area contributed by atoms with Crippen LogP contribution in [0, 0.1) is 0 Å². The Labute approximate surface area is 186 Å². The van der Waals surface area contributed by atoms with E-state index in [2.05, 4.69) is 20.5 Å². The Morgan fingerprint density at radius 2 is 1.91 bits per heavy atom. The van der Waals surface area contributed by atoms with Gasteiger partial charge in [-0.05, 0) is 30.3 Å². The minimum absolute atomic E-state index is 0.0723. The summed E-state index contributed by atoms with van der Waals surface area (Å²) < 4.78 is 51.3. The number of halogens is 3. The summed E-state index contributed by atoms with van der Waals surface area (Å²) in [4.78, 5) is 16.4. The summed E-state index contributed by atoms with van der Waals surface area (Å²) in [5.74, 6) is 0.115. The van der Waals surface area contributed by atoms with E-state index < -0.39 is 17.6 Å². The van der Waals surface area contributed by atoms with Gasteiger partial charge >= 0.3 is 6.18 Å². The Morgan fingerprint density at radius 1 is 1.16 bits per heavy atom. The third-order valence-corrected chi connectivity index (χ3v) is 5.25. The van der Waals surface area contributed by atoms with Crippen LogP contribution in [0.15, 0.2) is 47.9 Å². The predicted octanol–water partition coefficient (Wildman–Crippen LogP) is 3.65. The number of methoxy groups -OCH3 is 1. The number of hydrogen-bond acceptors (Lipinski definition) is 7. The number of anilines is 1. The topological polar surface area (TPSA) is 91.2 Å². The lowest BCUT2D eigenvalue weighted by Crippen LogP contribution is -2.17. The number of carbonyl (C=O) groups excluding carboxylic acids is 1. The van der Waals surface area contributed by atoms with Crippen molar-refractivity contribution in [1.29, 1.82) is 0 Å². The Hall–Kier alpha value is -3.12. The van der Waals surface area contributed by atoms with E-state index in [0.717, 1.165) is 29.5 Å². The first-order valence-electron chi connectivity index (χ1n) is 9.35. The van der Waals surface area contributed by atoms with E-state index in [-0.39, 0.29) is 30.4 Å². The van der Waals surface area contributed by atoms with Gasteiger partial charge in [-0.25, -0.2) is 0 Å². The van der Waals surface area contributed by atoms with Gasteiger partial charge in [0.1, 0.15) is 12.4 Å². The van der Waals surface area contributed by atoms with E-state index in [4.69, 9.17) is 9.47 Å². The quantitative estimate of drug-likeness (QED) is 0.379. The van der Waals surface area contributed by atoms with Crippen LogP contribution in [-0.2, 0) is 22.8 Å². The molecule has 0 aliphatic heterocycles. The lowest BCUT2D eigenvalue weighted by atomic mass is 10.1.